The van der Waals surface area contributed by atoms with E-state index >= 15 is 0 Å². The molecule has 9 aliphatic heterocycles. The van der Waals surface area contributed by atoms with Crippen LogP contribution in [0.5, 0.6) is 5.75 Å². The smallest absolute Gasteiger partial charge is 0.344 e. The van der Waals surface area contributed by atoms with Gasteiger partial charge in [0.25, 0.3) is 11.4 Å². The van der Waals surface area contributed by atoms with Crippen LogP contribution >= 0.6 is 282 Å². The van der Waals surface area contributed by atoms with E-state index in [1.54, 1.807) is 12.1 Å². The summed E-state index contributed by atoms with van der Waals surface area (Å²) in [5.74, 6) is 0.213. The molecule has 0 aliphatic carbocycles. The Balaban J connectivity index is 0.801. The number of rotatable bonds is 16. The van der Waals surface area contributed by atoms with E-state index in [1.807, 2.05) is 294 Å². The lowest BCUT2D eigenvalue weighted by atomic mass is 9.85. The van der Waals surface area contributed by atoms with Gasteiger partial charge in [-0.1, -0.05) is 200 Å². The summed E-state index contributed by atoms with van der Waals surface area (Å²) in [6, 6.07) is 9.97. The minimum absolute atomic E-state index is 0.236. The van der Waals surface area contributed by atoms with Crippen molar-refractivity contribution in [2.45, 2.75) is 129 Å². The van der Waals surface area contributed by atoms with E-state index in [-0.39, 0.29) is 11.3 Å². The van der Waals surface area contributed by atoms with E-state index < -0.39 is 48.9 Å². The van der Waals surface area contributed by atoms with Crippen LogP contribution in [-0.2, 0) is 28.1 Å². The summed E-state index contributed by atoms with van der Waals surface area (Å²) >= 11 is 46.0. The van der Waals surface area contributed by atoms with Crippen molar-refractivity contribution in [1.29, 1.82) is 0 Å². The van der Waals surface area contributed by atoms with Gasteiger partial charge in [0.1, 0.15) is 5.75 Å². The maximum atomic E-state index is 13.1. The number of carbonyl (C=O) groups is 1. The zero-order chi connectivity index (χ0) is 72.7. The number of non-ortho nitro benzene ring substituents is 2. The van der Waals surface area contributed by atoms with Gasteiger partial charge in [-0.05, 0) is 135 Å². The van der Waals surface area contributed by atoms with Gasteiger partial charge in [0.15, 0.2) is 0 Å². The SMILES string of the molecule is CSC1=C(SC)SC(=C2Sc3c4[nH]c(c3S2)C(C)(C)c2[nH]c(c3c2SC(=C2SC(SC)=C(SC)S2)S3)C(C)(C)c2[nH]c(c3c2SC(=C2SC(SC)=C(SCCCc5ccc(OC(=O)c6cc([N+](=O)[O-])cc([N+](=O)[O-])c6)cc5)S2)S3)C(C)(C)c2[nH]c(c3c2SC(=C2SC(SC)=C(SC)S2)S3)C4(C)C)S1. The number of thioether (sulfide) groups is 24. The highest BCUT2D eigenvalue weighted by atomic mass is 32.3. The first kappa shape index (κ1) is 78.4. The number of aryl methyl sites for hydroxylation is 1. The van der Waals surface area contributed by atoms with Crippen molar-refractivity contribution in [3.63, 3.8) is 0 Å². The highest BCUT2D eigenvalue weighted by Gasteiger charge is 2.52. The van der Waals surface area contributed by atoms with Crippen molar-refractivity contribution in [3.05, 3.63) is 187 Å². The fourth-order valence-electron chi connectivity index (χ4n) is 12.5. The second kappa shape index (κ2) is 31.2. The molecule has 6 aromatic rings. The predicted molar refractivity (Wildman–Crippen MR) is 482 cm³/mol. The normalized spacial score (nSPS) is 20.0. The van der Waals surface area contributed by atoms with Crippen LogP contribution in [0.15, 0.2) is 149 Å². The lowest BCUT2D eigenvalue weighted by Crippen LogP contribution is -2.27. The number of H-pyrrole nitrogens is 4. The van der Waals surface area contributed by atoms with Crippen molar-refractivity contribution >= 4 is 300 Å². The summed E-state index contributed by atoms with van der Waals surface area (Å²) in [6.45, 7) is 19.7. The number of ether oxygens (including phenoxy) is 1. The molecule has 0 spiro atoms. The molecule has 2 aromatic carbocycles. The number of carbonyl (C=O) groups excluding carboxylic acids is 1. The molecule has 15 rings (SSSR count). The van der Waals surface area contributed by atoms with Crippen molar-refractivity contribution in [2.24, 2.45) is 0 Å². The molecule has 8 bridgehead atoms. The van der Waals surface area contributed by atoms with Crippen molar-refractivity contribution in [3.8, 4) is 5.75 Å². The molecule has 13 heterocycles. The van der Waals surface area contributed by atoms with Crippen LogP contribution in [0.2, 0.25) is 0 Å². The van der Waals surface area contributed by atoms with Crippen molar-refractivity contribution in [1.82, 2.24) is 19.9 Å². The third-order valence-corrected chi connectivity index (χ3v) is 51.6. The van der Waals surface area contributed by atoms with Gasteiger partial charge in [0.05, 0.1) is 89.3 Å². The molecule has 0 amide bonds. The zero-order valence-electron chi connectivity index (χ0n) is 57.3. The molecule has 0 saturated carbocycles. The molecular formula is C67H62N6O6S24. The van der Waals surface area contributed by atoms with Gasteiger partial charge in [-0.15, -0.1) is 94.1 Å². The fraction of sp³-hybridized carbons (Fsp3) is 0.328. The van der Waals surface area contributed by atoms with Crippen LogP contribution in [0.3, 0.4) is 0 Å². The first-order valence-corrected chi connectivity index (χ1v) is 53.9. The summed E-state index contributed by atoms with van der Waals surface area (Å²) in [4.78, 5) is 62.6. The first-order valence-electron chi connectivity index (χ1n) is 31.3. The molecule has 12 nitrogen and oxygen atoms in total. The van der Waals surface area contributed by atoms with E-state index in [0.717, 1.165) is 42.4 Å². The minimum atomic E-state index is -0.917. The quantitative estimate of drug-likeness (QED) is 0.0236. The van der Waals surface area contributed by atoms with Crippen molar-refractivity contribution < 1.29 is 19.4 Å². The molecule has 0 saturated heterocycles. The highest BCUT2D eigenvalue weighted by molar-refractivity contribution is 8.44. The second-order valence-corrected chi connectivity index (χ2v) is 52.8. The van der Waals surface area contributed by atoms with Gasteiger partial charge in [0, 0.05) is 119 Å². The van der Waals surface area contributed by atoms with Crippen LogP contribution in [-0.4, -0.2) is 85.3 Å². The number of esters is 1. The topological polar surface area (TPSA) is 176 Å². The Kier molecular flexibility index (Phi) is 23.7. The first-order chi connectivity index (χ1) is 49.2. The number of nitrogens with one attached hydrogen (secondary N) is 4. The number of fused-ring (bicyclic) bond motifs is 20. The molecule has 36 heteroatoms. The molecule has 0 radical (unpaired) electrons. The Morgan fingerprint density at radius 3 is 0.874 bits per heavy atom. The van der Waals surface area contributed by atoms with Crippen LogP contribution in [0.25, 0.3) is 0 Å². The Morgan fingerprint density at radius 2 is 0.621 bits per heavy atom. The lowest BCUT2D eigenvalue weighted by Gasteiger charge is -2.30. The molecule has 540 valence electrons. The molecule has 9 aliphatic rings. The number of nitro groups is 2. The number of nitro benzene ring substituents is 2. The molecular weight excluding hydrogens is 1750 g/mol. The van der Waals surface area contributed by atoms with Gasteiger partial charge in [0.2, 0.25) is 0 Å². The van der Waals surface area contributed by atoms with E-state index in [9.17, 15) is 25.0 Å². The molecule has 103 heavy (non-hydrogen) atoms. The summed E-state index contributed by atoms with van der Waals surface area (Å²) in [5, 5.41) is 23.0. The Bertz CT molecular complexity index is 4690. The molecule has 0 atom stereocenters. The Morgan fingerprint density at radius 1 is 0.379 bits per heavy atom. The average Bonchev–Trinajstić information content (AvgIpc) is 1.54. The highest BCUT2D eigenvalue weighted by Crippen LogP contribution is 2.73. The van der Waals surface area contributed by atoms with E-state index in [1.165, 1.54) is 153 Å². The number of aromatic nitrogens is 4. The second-order valence-electron chi connectivity index (χ2n) is 25.5. The molecule has 4 N–H and O–H groups in total. The molecule has 0 unspecified atom stereocenters. The number of benzene rings is 2. The molecule has 4 aromatic heterocycles. The largest absolute Gasteiger partial charge is 0.423 e. The maximum absolute atomic E-state index is 13.1. The van der Waals surface area contributed by atoms with Gasteiger partial charge >= 0.3 is 5.97 Å². The summed E-state index contributed by atoms with van der Waals surface area (Å²) in [5.41, 5.74) is 7.46. The Hall–Kier alpha value is 0.150. The number of aromatic amines is 4. The number of hydrogen-bond acceptors (Lipinski definition) is 30. The average molecular weight is 1820 g/mol. The van der Waals surface area contributed by atoms with Gasteiger partial charge in [-0.25, -0.2) is 4.79 Å². The summed E-state index contributed by atoms with van der Waals surface area (Å²) in [7, 11) is 0. The van der Waals surface area contributed by atoms with Crippen LogP contribution in [0.4, 0.5) is 11.4 Å². The third-order valence-electron chi connectivity index (χ3n) is 17.9. The lowest BCUT2D eigenvalue weighted by molar-refractivity contribution is -0.394. The van der Waals surface area contributed by atoms with E-state index in [0.29, 0.717) is 0 Å². The van der Waals surface area contributed by atoms with E-state index in [2.05, 4.69) is 119 Å². The standard InChI is InChI=1S/C67H62N6O6S24/c1-64(2)39-31-32(89-56(88-31)60-96-48(80-9)49(81-10)97-60)40(68-39)65(3,4)42-34-36(93-58(91-34)62-100-52(84-13)53(85-14)101-62)44(70-42)67(7,8)46-38-37(45(71-46)66(5,6)43-35-33(41(64)69-43)90-57(92-35)61-98-50(82-11)51(83-12)99-61)94-59(95-38)63-102-54(86-15)55(103-63)87-22-16-17-26-18-20-30(21-19-26)79-47(74)27-23-28(72(75)76)25-29(24-27)73(77)78/h18-21,23-25,68-71H,16-17,22H2,1-15H3. The molecule has 0 fully saturated rings. The van der Waals surface area contributed by atoms with E-state index in [4.69, 9.17) is 4.74 Å². The summed E-state index contributed by atoms with van der Waals surface area (Å²) in [6.07, 6.45) is 17.1. The van der Waals surface area contributed by atoms with Gasteiger partial charge in [-0.3, -0.25) is 20.2 Å². The van der Waals surface area contributed by atoms with Crippen LogP contribution in [0, 0.1) is 20.2 Å². The fourth-order valence-corrected chi connectivity index (χ4v) is 46.1. The maximum Gasteiger partial charge on any atom is 0.344 e. The monoisotopic (exact) mass is 1810 g/mol. The van der Waals surface area contributed by atoms with Gasteiger partial charge in [-0.2, -0.15) is 0 Å². The van der Waals surface area contributed by atoms with Crippen LogP contribution in [0.1, 0.15) is 123 Å². The van der Waals surface area contributed by atoms with Crippen LogP contribution < -0.4 is 4.74 Å². The van der Waals surface area contributed by atoms with Gasteiger partial charge < -0.3 is 24.7 Å². The Labute approximate surface area is 701 Å². The van der Waals surface area contributed by atoms with Crippen molar-refractivity contribution in [2.75, 3.05) is 49.5 Å². The zero-order valence-corrected chi connectivity index (χ0v) is 76.9. The summed E-state index contributed by atoms with van der Waals surface area (Å²) < 4.78 is 27.2. The minimum Gasteiger partial charge on any atom is -0.423 e. The number of hydrogen-bond donors (Lipinski definition) is 4. The predicted octanol–water partition coefficient (Wildman–Crippen LogP) is 28.3. The third kappa shape index (κ3) is 14.4. The number of nitrogens with zero attached hydrogens (tertiary/aromatic N) is 2.